The zero-order valence-corrected chi connectivity index (χ0v) is 13.3. The zero-order valence-electron chi connectivity index (χ0n) is 12.4. The number of anilines is 1. The highest BCUT2D eigenvalue weighted by molar-refractivity contribution is 7.18. The lowest BCUT2D eigenvalue weighted by Gasteiger charge is -2.06. The van der Waals surface area contributed by atoms with Crippen LogP contribution in [-0.2, 0) is 9.53 Å². The number of hydrogen-bond donors (Lipinski definition) is 2. The highest BCUT2D eigenvalue weighted by atomic mass is 32.1. The minimum atomic E-state index is -0.534. The molecule has 0 aliphatic heterocycles. The van der Waals surface area contributed by atoms with Crippen LogP contribution in [0, 0.1) is 6.92 Å². The van der Waals surface area contributed by atoms with Crippen molar-refractivity contribution in [2.24, 2.45) is 5.73 Å². The molecule has 0 unspecified atom stereocenters. The van der Waals surface area contributed by atoms with E-state index in [1.54, 1.807) is 13.8 Å². The van der Waals surface area contributed by atoms with E-state index in [1.807, 2.05) is 0 Å². The largest absolute Gasteiger partial charge is 0.462 e. The summed E-state index contributed by atoms with van der Waals surface area (Å²) < 4.78 is 4.99. The van der Waals surface area contributed by atoms with Crippen LogP contribution in [0.2, 0.25) is 0 Å². The lowest BCUT2D eigenvalue weighted by molar-refractivity contribution is -0.116. The van der Waals surface area contributed by atoms with E-state index >= 15 is 0 Å². The lowest BCUT2D eigenvalue weighted by atomic mass is 10.1. The molecule has 3 N–H and O–H groups in total. The molecule has 0 aliphatic carbocycles. The van der Waals surface area contributed by atoms with Crippen molar-refractivity contribution < 1.29 is 19.1 Å². The molecule has 0 saturated carbocycles. The maximum Gasteiger partial charge on any atom is 0.341 e. The van der Waals surface area contributed by atoms with Crippen LogP contribution in [0.15, 0.2) is 0 Å². The summed E-state index contributed by atoms with van der Waals surface area (Å²) in [6.45, 7) is 5.44. The number of nitrogens with one attached hydrogen (secondary N) is 1. The van der Waals surface area contributed by atoms with E-state index in [2.05, 4.69) is 5.32 Å². The van der Waals surface area contributed by atoms with E-state index in [-0.39, 0.29) is 30.3 Å². The van der Waals surface area contributed by atoms with Gasteiger partial charge in [-0.25, -0.2) is 4.79 Å². The molecule has 116 valence electrons. The Labute approximate surface area is 127 Å². The molecule has 0 spiro atoms. The number of esters is 1. The summed E-state index contributed by atoms with van der Waals surface area (Å²) in [7, 11) is 0. The second-order valence-electron chi connectivity index (χ2n) is 4.48. The summed E-state index contributed by atoms with van der Waals surface area (Å²) in [4.78, 5) is 35.9. The van der Waals surface area contributed by atoms with Crippen LogP contribution in [0.4, 0.5) is 5.00 Å². The van der Waals surface area contributed by atoms with E-state index in [0.717, 1.165) is 11.3 Å². The van der Waals surface area contributed by atoms with Crippen molar-refractivity contribution in [2.45, 2.75) is 33.6 Å². The molecule has 0 saturated heterocycles. The number of Topliss-reactive ketones (excluding diaryl/α,β-unsaturated/α-hetero) is 1. The molecular formula is C14H20N2O4S. The van der Waals surface area contributed by atoms with Crippen LogP contribution < -0.4 is 11.1 Å². The molecular weight excluding hydrogens is 292 g/mol. The molecule has 1 rings (SSSR count). The van der Waals surface area contributed by atoms with E-state index in [0.29, 0.717) is 28.4 Å². The molecule has 6 nitrogen and oxygen atoms in total. The first kappa shape index (κ1) is 17.3. The molecule has 21 heavy (non-hydrogen) atoms. The van der Waals surface area contributed by atoms with Gasteiger partial charge in [0.15, 0.2) is 5.78 Å². The Morgan fingerprint density at radius 3 is 2.52 bits per heavy atom. The fourth-order valence-corrected chi connectivity index (χ4v) is 2.94. The van der Waals surface area contributed by atoms with Gasteiger partial charge in [-0.05, 0) is 39.3 Å². The second-order valence-corrected chi connectivity index (χ2v) is 5.50. The van der Waals surface area contributed by atoms with Crippen molar-refractivity contribution in [2.75, 3.05) is 18.5 Å². The van der Waals surface area contributed by atoms with Crippen LogP contribution in [0.3, 0.4) is 0 Å². The van der Waals surface area contributed by atoms with Gasteiger partial charge in [0.05, 0.1) is 17.0 Å². The number of carbonyl (C=O) groups is 3. The second kappa shape index (κ2) is 7.90. The molecule has 0 fully saturated rings. The summed E-state index contributed by atoms with van der Waals surface area (Å²) in [5, 5.41) is 3.03. The summed E-state index contributed by atoms with van der Waals surface area (Å²) in [6.07, 6.45) is 0.829. The number of hydrogen-bond acceptors (Lipinski definition) is 6. The van der Waals surface area contributed by atoms with Crippen LogP contribution in [-0.4, -0.2) is 30.8 Å². The highest BCUT2D eigenvalue weighted by Crippen LogP contribution is 2.34. The predicted octanol–water partition coefficient (Wildman–Crippen LogP) is 2.11. The number of amides is 1. The van der Waals surface area contributed by atoms with Crippen LogP contribution in [0.5, 0.6) is 0 Å². The van der Waals surface area contributed by atoms with Crippen LogP contribution >= 0.6 is 11.3 Å². The Bertz CT molecular complexity index is 551. The van der Waals surface area contributed by atoms with Crippen LogP contribution in [0.1, 0.15) is 52.3 Å². The van der Waals surface area contributed by atoms with Gasteiger partial charge in [-0.1, -0.05) is 0 Å². The van der Waals surface area contributed by atoms with Crippen molar-refractivity contribution in [3.05, 3.63) is 16.0 Å². The fraction of sp³-hybridized carbons (Fsp3) is 0.500. The topological polar surface area (TPSA) is 98.5 Å². The Morgan fingerprint density at radius 1 is 1.33 bits per heavy atom. The summed E-state index contributed by atoms with van der Waals surface area (Å²) >= 11 is 1.10. The van der Waals surface area contributed by atoms with Gasteiger partial charge >= 0.3 is 5.97 Å². The lowest BCUT2D eigenvalue weighted by Crippen LogP contribution is -2.15. The first-order chi connectivity index (χ1) is 9.92. The number of thiophene rings is 1. The van der Waals surface area contributed by atoms with Gasteiger partial charge in [0.1, 0.15) is 5.00 Å². The molecule has 0 atom stereocenters. The standard InChI is InChI=1S/C14H20N2O4S/c1-4-20-14(19)11-8(2)12(9(3)17)21-13(11)16-10(18)6-5-7-15/h4-7,15H2,1-3H3,(H,16,18). The molecule has 0 aromatic carbocycles. The fourth-order valence-electron chi connectivity index (χ4n) is 1.84. The first-order valence-corrected chi connectivity index (χ1v) is 7.55. The zero-order chi connectivity index (χ0) is 16.0. The summed E-state index contributed by atoms with van der Waals surface area (Å²) in [5.41, 5.74) is 6.16. The number of ketones is 1. The number of nitrogens with two attached hydrogens (primary N) is 1. The van der Waals surface area contributed by atoms with Gasteiger partial charge in [0.2, 0.25) is 5.91 Å². The third kappa shape index (κ3) is 4.37. The molecule has 1 heterocycles. The molecule has 7 heteroatoms. The third-order valence-corrected chi connectivity index (χ3v) is 4.12. The molecule has 0 bridgehead atoms. The molecule has 0 aliphatic rings. The van der Waals surface area contributed by atoms with Gasteiger partial charge in [-0.15, -0.1) is 11.3 Å². The van der Waals surface area contributed by atoms with Crippen molar-refractivity contribution in [3.8, 4) is 0 Å². The van der Waals surface area contributed by atoms with Crippen molar-refractivity contribution in [3.63, 3.8) is 0 Å². The maximum absolute atomic E-state index is 12.0. The molecule has 1 amide bonds. The molecule has 1 aromatic heterocycles. The summed E-state index contributed by atoms with van der Waals surface area (Å²) in [6, 6.07) is 0. The molecule has 1 aromatic rings. The SMILES string of the molecule is CCOC(=O)c1c(NC(=O)CCCN)sc(C(C)=O)c1C. The Kier molecular flexibility index (Phi) is 6.51. The monoisotopic (exact) mass is 312 g/mol. The average molecular weight is 312 g/mol. The Hall–Kier alpha value is -1.73. The van der Waals surface area contributed by atoms with Crippen molar-refractivity contribution >= 4 is 34.0 Å². The number of carbonyl (C=O) groups excluding carboxylic acids is 3. The number of ether oxygens (including phenoxy) is 1. The van der Waals surface area contributed by atoms with E-state index < -0.39 is 5.97 Å². The van der Waals surface area contributed by atoms with Gasteiger partial charge in [-0.3, -0.25) is 9.59 Å². The van der Waals surface area contributed by atoms with Crippen LogP contribution in [0.25, 0.3) is 0 Å². The van der Waals surface area contributed by atoms with E-state index in [4.69, 9.17) is 10.5 Å². The summed E-state index contributed by atoms with van der Waals surface area (Å²) in [5.74, 6) is -0.916. The minimum absolute atomic E-state index is 0.148. The normalized spacial score (nSPS) is 10.3. The van der Waals surface area contributed by atoms with Crippen molar-refractivity contribution in [1.29, 1.82) is 0 Å². The number of rotatable bonds is 7. The van der Waals surface area contributed by atoms with Gasteiger partial charge in [0.25, 0.3) is 0 Å². The minimum Gasteiger partial charge on any atom is -0.462 e. The van der Waals surface area contributed by atoms with Gasteiger partial charge in [0, 0.05) is 6.42 Å². The maximum atomic E-state index is 12.0. The quantitative estimate of drug-likeness (QED) is 0.593. The average Bonchev–Trinajstić information content (AvgIpc) is 2.73. The van der Waals surface area contributed by atoms with E-state index in [9.17, 15) is 14.4 Å². The third-order valence-electron chi connectivity index (χ3n) is 2.81. The van der Waals surface area contributed by atoms with Crippen molar-refractivity contribution in [1.82, 2.24) is 0 Å². The first-order valence-electron chi connectivity index (χ1n) is 6.73. The Balaban J connectivity index is 3.11. The Morgan fingerprint density at radius 2 is 2.00 bits per heavy atom. The highest BCUT2D eigenvalue weighted by Gasteiger charge is 2.25. The van der Waals surface area contributed by atoms with E-state index in [1.165, 1.54) is 6.92 Å². The van der Waals surface area contributed by atoms with Gasteiger partial charge in [-0.2, -0.15) is 0 Å². The smallest absolute Gasteiger partial charge is 0.341 e. The van der Waals surface area contributed by atoms with Gasteiger partial charge < -0.3 is 15.8 Å². The predicted molar refractivity (Wildman–Crippen MR) is 81.9 cm³/mol. The molecule has 0 radical (unpaired) electrons.